The van der Waals surface area contributed by atoms with Crippen LogP contribution in [0.5, 0.6) is 5.75 Å². The van der Waals surface area contributed by atoms with Crippen molar-refractivity contribution in [2.24, 2.45) is 0 Å². The van der Waals surface area contributed by atoms with Gasteiger partial charge in [-0.3, -0.25) is 10.1 Å². The van der Waals surface area contributed by atoms with E-state index in [0.29, 0.717) is 5.75 Å². The van der Waals surface area contributed by atoms with Gasteiger partial charge < -0.3 is 4.74 Å². The van der Waals surface area contributed by atoms with Crippen molar-refractivity contribution in [2.75, 3.05) is 7.11 Å². The fourth-order valence-electron chi connectivity index (χ4n) is 0.957. The molecule has 0 aliphatic heterocycles. The maximum atomic E-state index is 10.6. The molecule has 14 heavy (non-hydrogen) atoms. The summed E-state index contributed by atoms with van der Waals surface area (Å²) in [5.74, 6) is 0.339. The minimum absolute atomic E-state index is 0.115. The summed E-state index contributed by atoms with van der Waals surface area (Å²) in [4.78, 5) is 10.3. The van der Waals surface area contributed by atoms with Crippen LogP contribution >= 0.6 is 11.8 Å². The van der Waals surface area contributed by atoms with Gasteiger partial charge in [-0.1, -0.05) is 6.07 Å². The average Bonchev–Trinajstić information content (AvgIpc) is 2.18. The van der Waals surface area contributed by atoms with E-state index in [-0.39, 0.29) is 10.6 Å². The lowest BCUT2D eigenvalue weighted by atomic mass is 10.3. The molecule has 1 aromatic carbocycles. The predicted octanol–water partition coefficient (Wildman–Crippen LogP) is 2.18. The summed E-state index contributed by atoms with van der Waals surface area (Å²) in [5, 5.41) is 20.9. The standard InChI is InChI=1S/C8H6N2O3S/c1-13-7-4-2-3-6(10(11)12)8(7)14-5-9/h2-4H,1H3. The van der Waals surface area contributed by atoms with Crippen LogP contribution in [0, 0.1) is 20.8 Å². The number of rotatable bonds is 3. The van der Waals surface area contributed by atoms with Crippen LogP contribution in [-0.4, -0.2) is 12.0 Å². The van der Waals surface area contributed by atoms with Crippen molar-refractivity contribution in [2.45, 2.75) is 4.90 Å². The van der Waals surface area contributed by atoms with Gasteiger partial charge in [0.15, 0.2) is 0 Å². The number of nitrogens with zero attached hydrogens (tertiary/aromatic N) is 2. The SMILES string of the molecule is COc1cccc([N+](=O)[O-])c1SC#N. The largest absolute Gasteiger partial charge is 0.495 e. The maximum Gasteiger partial charge on any atom is 0.287 e. The number of ether oxygens (including phenoxy) is 1. The van der Waals surface area contributed by atoms with Gasteiger partial charge >= 0.3 is 0 Å². The van der Waals surface area contributed by atoms with Gasteiger partial charge in [0.1, 0.15) is 16.0 Å². The van der Waals surface area contributed by atoms with Crippen molar-refractivity contribution >= 4 is 17.4 Å². The lowest BCUT2D eigenvalue weighted by Crippen LogP contribution is -1.93. The molecule has 0 bridgehead atoms. The first-order chi connectivity index (χ1) is 6.70. The Morgan fingerprint density at radius 2 is 2.36 bits per heavy atom. The van der Waals surface area contributed by atoms with Gasteiger partial charge in [-0.2, -0.15) is 5.26 Å². The van der Waals surface area contributed by atoms with Crippen LogP contribution in [0.3, 0.4) is 0 Å². The number of nitriles is 1. The highest BCUT2D eigenvalue weighted by molar-refractivity contribution is 8.04. The highest BCUT2D eigenvalue weighted by Crippen LogP contribution is 2.36. The molecule has 72 valence electrons. The summed E-state index contributed by atoms with van der Waals surface area (Å²) in [7, 11) is 1.40. The zero-order valence-electron chi connectivity index (χ0n) is 7.26. The Morgan fingerprint density at radius 3 is 2.86 bits per heavy atom. The monoisotopic (exact) mass is 210 g/mol. The quantitative estimate of drug-likeness (QED) is 0.330. The van der Waals surface area contributed by atoms with E-state index in [1.54, 1.807) is 11.5 Å². The molecule has 0 fully saturated rings. The predicted molar refractivity (Wildman–Crippen MR) is 51.1 cm³/mol. The molecule has 0 spiro atoms. The smallest absolute Gasteiger partial charge is 0.287 e. The Kier molecular flexibility index (Phi) is 3.31. The Balaban J connectivity index is 3.29. The van der Waals surface area contributed by atoms with Gasteiger partial charge in [-0.05, 0) is 6.07 Å². The third-order valence-corrected chi connectivity index (χ3v) is 2.23. The number of benzene rings is 1. The zero-order valence-corrected chi connectivity index (χ0v) is 8.08. The van der Waals surface area contributed by atoms with Crippen LogP contribution in [0.15, 0.2) is 23.1 Å². The second kappa shape index (κ2) is 4.48. The number of nitro benzene ring substituents is 1. The molecule has 6 heteroatoms. The van der Waals surface area contributed by atoms with Crippen molar-refractivity contribution in [1.82, 2.24) is 0 Å². The molecule has 1 aromatic rings. The lowest BCUT2D eigenvalue weighted by molar-refractivity contribution is -0.387. The fraction of sp³-hybridized carbons (Fsp3) is 0.125. The van der Waals surface area contributed by atoms with E-state index in [0.717, 1.165) is 11.8 Å². The first-order valence-electron chi connectivity index (χ1n) is 3.58. The molecule has 0 saturated carbocycles. The number of methoxy groups -OCH3 is 1. The van der Waals surface area contributed by atoms with Crippen LogP contribution in [0.25, 0.3) is 0 Å². The molecular formula is C8H6N2O3S. The van der Waals surface area contributed by atoms with Crippen molar-refractivity contribution in [3.05, 3.63) is 28.3 Å². The van der Waals surface area contributed by atoms with E-state index in [2.05, 4.69) is 0 Å². The topological polar surface area (TPSA) is 76.2 Å². The molecule has 0 aliphatic carbocycles. The summed E-state index contributed by atoms with van der Waals surface area (Å²) in [6, 6.07) is 4.42. The van der Waals surface area contributed by atoms with E-state index in [1.165, 1.54) is 19.2 Å². The van der Waals surface area contributed by atoms with Gasteiger partial charge in [-0.25, -0.2) is 0 Å². The summed E-state index contributed by atoms with van der Waals surface area (Å²) in [5.41, 5.74) is -0.115. The molecule has 0 aliphatic rings. The average molecular weight is 210 g/mol. The van der Waals surface area contributed by atoms with E-state index in [9.17, 15) is 10.1 Å². The molecule has 0 aromatic heterocycles. The molecule has 0 saturated heterocycles. The van der Waals surface area contributed by atoms with E-state index >= 15 is 0 Å². The normalized spacial score (nSPS) is 9.14. The van der Waals surface area contributed by atoms with E-state index < -0.39 is 4.92 Å². The van der Waals surface area contributed by atoms with Gasteiger partial charge in [0, 0.05) is 17.8 Å². The van der Waals surface area contributed by atoms with Crippen LogP contribution in [0.4, 0.5) is 5.69 Å². The molecule has 0 atom stereocenters. The van der Waals surface area contributed by atoms with Crippen LogP contribution in [-0.2, 0) is 0 Å². The van der Waals surface area contributed by atoms with Crippen molar-refractivity contribution in [3.8, 4) is 11.2 Å². The Hall–Kier alpha value is -1.74. The van der Waals surface area contributed by atoms with E-state index in [4.69, 9.17) is 10.00 Å². The number of thiocyanates is 1. The van der Waals surface area contributed by atoms with Crippen LogP contribution in [0.2, 0.25) is 0 Å². The Labute approximate surface area is 84.4 Å². The summed E-state index contributed by atoms with van der Waals surface area (Å²) in [6.07, 6.45) is 0. The summed E-state index contributed by atoms with van der Waals surface area (Å²) < 4.78 is 4.91. The number of hydrogen-bond donors (Lipinski definition) is 0. The first-order valence-corrected chi connectivity index (χ1v) is 4.39. The highest BCUT2D eigenvalue weighted by Gasteiger charge is 2.18. The Bertz CT molecular complexity index is 400. The van der Waals surface area contributed by atoms with Crippen molar-refractivity contribution in [1.29, 1.82) is 5.26 Å². The molecule has 1 rings (SSSR count). The minimum atomic E-state index is -0.539. The zero-order chi connectivity index (χ0) is 10.6. The summed E-state index contributed by atoms with van der Waals surface area (Å²) >= 11 is 0.720. The van der Waals surface area contributed by atoms with Gasteiger partial charge in [0.25, 0.3) is 5.69 Å². The summed E-state index contributed by atoms with van der Waals surface area (Å²) in [6.45, 7) is 0. The number of thioether (sulfide) groups is 1. The second-order valence-corrected chi connectivity index (χ2v) is 3.05. The lowest BCUT2D eigenvalue weighted by Gasteiger charge is -2.03. The molecule has 0 unspecified atom stereocenters. The first kappa shape index (κ1) is 10.3. The van der Waals surface area contributed by atoms with E-state index in [1.807, 2.05) is 0 Å². The van der Waals surface area contributed by atoms with Crippen LogP contribution < -0.4 is 4.74 Å². The molecule has 0 heterocycles. The third kappa shape index (κ3) is 1.95. The Morgan fingerprint density at radius 1 is 1.64 bits per heavy atom. The van der Waals surface area contributed by atoms with Crippen molar-refractivity contribution < 1.29 is 9.66 Å². The minimum Gasteiger partial charge on any atom is -0.495 e. The maximum absolute atomic E-state index is 10.6. The molecule has 0 radical (unpaired) electrons. The van der Waals surface area contributed by atoms with Crippen LogP contribution in [0.1, 0.15) is 0 Å². The fourth-order valence-corrected chi connectivity index (χ4v) is 1.55. The van der Waals surface area contributed by atoms with Gasteiger partial charge in [0.05, 0.1) is 12.0 Å². The molecule has 5 nitrogen and oxygen atoms in total. The number of hydrogen-bond acceptors (Lipinski definition) is 5. The van der Waals surface area contributed by atoms with Gasteiger partial charge in [-0.15, -0.1) is 0 Å². The molecular weight excluding hydrogens is 204 g/mol. The molecule has 0 N–H and O–H groups in total. The van der Waals surface area contributed by atoms with Gasteiger partial charge in [0.2, 0.25) is 0 Å². The number of nitro groups is 1. The van der Waals surface area contributed by atoms with Crippen molar-refractivity contribution in [3.63, 3.8) is 0 Å². The highest BCUT2D eigenvalue weighted by atomic mass is 32.2. The second-order valence-electron chi connectivity index (χ2n) is 2.26. The third-order valence-electron chi connectivity index (χ3n) is 1.52. The molecule has 0 amide bonds.